The highest BCUT2D eigenvalue weighted by molar-refractivity contribution is 14.0. The van der Waals surface area contributed by atoms with Crippen LogP contribution in [0.3, 0.4) is 0 Å². The lowest BCUT2D eigenvalue weighted by Gasteiger charge is -2.17. The lowest BCUT2D eigenvalue weighted by atomic mass is 10.2. The number of nitrogens with zero attached hydrogens (tertiary/aromatic N) is 1. The van der Waals surface area contributed by atoms with Gasteiger partial charge in [0.1, 0.15) is 0 Å². The van der Waals surface area contributed by atoms with E-state index in [1.165, 1.54) is 22.6 Å². The van der Waals surface area contributed by atoms with Crippen molar-refractivity contribution in [2.75, 3.05) is 6.54 Å². The minimum absolute atomic E-state index is 0. The highest BCUT2D eigenvalue weighted by atomic mass is 127. The third-order valence-corrected chi connectivity index (χ3v) is 3.94. The number of hydrogen-bond acceptors (Lipinski definition) is 2. The van der Waals surface area contributed by atoms with E-state index >= 15 is 0 Å². The lowest BCUT2D eigenvalue weighted by molar-refractivity contribution is 0.642. The van der Waals surface area contributed by atoms with E-state index in [9.17, 15) is 0 Å². The van der Waals surface area contributed by atoms with Crippen molar-refractivity contribution in [3.05, 3.63) is 21.9 Å². The average molecular weight is 393 g/mol. The molecule has 1 aromatic rings. The van der Waals surface area contributed by atoms with Crippen molar-refractivity contribution in [1.82, 2.24) is 10.6 Å². The molecule has 1 atom stereocenters. The van der Waals surface area contributed by atoms with Gasteiger partial charge in [-0.25, -0.2) is 0 Å². The molecular formula is C14H24IN3S. The fraction of sp³-hybridized carbons (Fsp3) is 0.643. The Morgan fingerprint density at radius 1 is 1.47 bits per heavy atom. The van der Waals surface area contributed by atoms with Gasteiger partial charge in [0, 0.05) is 34.8 Å². The third-order valence-electron chi connectivity index (χ3n) is 2.92. The molecule has 1 aliphatic rings. The predicted molar refractivity (Wildman–Crippen MR) is 94.9 cm³/mol. The number of halogens is 1. The van der Waals surface area contributed by atoms with Gasteiger partial charge in [-0.15, -0.1) is 35.3 Å². The van der Waals surface area contributed by atoms with Crippen LogP contribution >= 0.6 is 35.3 Å². The fourth-order valence-corrected chi connectivity index (χ4v) is 2.91. The van der Waals surface area contributed by atoms with Gasteiger partial charge < -0.3 is 10.6 Å². The summed E-state index contributed by atoms with van der Waals surface area (Å²) in [4.78, 5) is 7.31. The first-order valence-electron chi connectivity index (χ1n) is 6.80. The fourth-order valence-electron chi connectivity index (χ4n) is 1.89. The maximum Gasteiger partial charge on any atom is 0.191 e. The van der Waals surface area contributed by atoms with Gasteiger partial charge in [0.15, 0.2) is 5.96 Å². The topological polar surface area (TPSA) is 36.4 Å². The van der Waals surface area contributed by atoms with Crippen LogP contribution in [0.25, 0.3) is 0 Å². The summed E-state index contributed by atoms with van der Waals surface area (Å²) in [7, 11) is 0. The zero-order valence-electron chi connectivity index (χ0n) is 11.9. The predicted octanol–water partition coefficient (Wildman–Crippen LogP) is 3.32. The molecule has 1 saturated carbocycles. The van der Waals surface area contributed by atoms with Crippen LogP contribution in [0, 0.1) is 6.92 Å². The zero-order valence-corrected chi connectivity index (χ0v) is 15.0. The van der Waals surface area contributed by atoms with Gasteiger partial charge in [0.05, 0.1) is 0 Å². The minimum atomic E-state index is 0. The Kier molecular flexibility index (Phi) is 7.13. The van der Waals surface area contributed by atoms with Crippen LogP contribution in [0.1, 0.15) is 36.4 Å². The van der Waals surface area contributed by atoms with Gasteiger partial charge in [-0.2, -0.15) is 0 Å². The summed E-state index contributed by atoms with van der Waals surface area (Å²) < 4.78 is 0. The first-order chi connectivity index (χ1) is 8.67. The van der Waals surface area contributed by atoms with Crippen LogP contribution in [0.2, 0.25) is 0 Å². The SMILES string of the molecule is CCN=C(NC(C)Cc1ccc(C)s1)NC1CC1.I. The summed E-state index contributed by atoms with van der Waals surface area (Å²) in [5.41, 5.74) is 0. The molecule has 5 heteroatoms. The third kappa shape index (κ3) is 6.12. The Morgan fingerprint density at radius 2 is 2.21 bits per heavy atom. The van der Waals surface area contributed by atoms with Gasteiger partial charge in [0.25, 0.3) is 0 Å². The molecule has 0 amide bonds. The van der Waals surface area contributed by atoms with Crippen LogP contribution < -0.4 is 10.6 Å². The molecule has 0 bridgehead atoms. The number of aliphatic imine (C=N–C) groups is 1. The van der Waals surface area contributed by atoms with Crippen LogP contribution in [0.15, 0.2) is 17.1 Å². The molecule has 2 N–H and O–H groups in total. The van der Waals surface area contributed by atoms with E-state index in [0.717, 1.165) is 18.9 Å². The normalized spacial score (nSPS) is 16.7. The molecule has 0 aliphatic heterocycles. The van der Waals surface area contributed by atoms with Gasteiger partial charge in [-0.1, -0.05) is 0 Å². The van der Waals surface area contributed by atoms with E-state index in [4.69, 9.17) is 0 Å². The number of rotatable bonds is 5. The van der Waals surface area contributed by atoms with Crippen LogP contribution in [0.4, 0.5) is 0 Å². The molecule has 0 spiro atoms. The molecular weight excluding hydrogens is 369 g/mol. The number of hydrogen-bond donors (Lipinski definition) is 2. The minimum Gasteiger partial charge on any atom is -0.354 e. The molecule has 1 heterocycles. The summed E-state index contributed by atoms with van der Waals surface area (Å²) in [5, 5.41) is 6.95. The van der Waals surface area contributed by atoms with E-state index in [2.05, 4.69) is 48.5 Å². The van der Waals surface area contributed by atoms with Crippen molar-refractivity contribution < 1.29 is 0 Å². The maximum absolute atomic E-state index is 4.49. The number of guanidine groups is 1. The molecule has 0 aromatic carbocycles. The average Bonchev–Trinajstić information content (AvgIpc) is 3.02. The van der Waals surface area contributed by atoms with E-state index in [1.807, 2.05) is 11.3 Å². The van der Waals surface area contributed by atoms with Crippen LogP contribution in [0.5, 0.6) is 0 Å². The Hall–Kier alpha value is -0.300. The van der Waals surface area contributed by atoms with Crippen molar-refractivity contribution in [2.24, 2.45) is 4.99 Å². The highest BCUT2D eigenvalue weighted by Gasteiger charge is 2.22. The van der Waals surface area contributed by atoms with E-state index in [0.29, 0.717) is 12.1 Å². The largest absolute Gasteiger partial charge is 0.354 e. The molecule has 1 unspecified atom stereocenters. The Bertz CT molecular complexity index is 413. The molecule has 19 heavy (non-hydrogen) atoms. The van der Waals surface area contributed by atoms with E-state index in [1.54, 1.807) is 0 Å². The van der Waals surface area contributed by atoms with Crippen molar-refractivity contribution in [3.63, 3.8) is 0 Å². The monoisotopic (exact) mass is 393 g/mol. The second-order valence-electron chi connectivity index (χ2n) is 5.00. The molecule has 1 aromatic heterocycles. The summed E-state index contributed by atoms with van der Waals surface area (Å²) in [5.74, 6) is 0.973. The number of aryl methyl sites for hydroxylation is 1. The van der Waals surface area contributed by atoms with Gasteiger partial charge in [0.2, 0.25) is 0 Å². The number of thiophene rings is 1. The summed E-state index contributed by atoms with van der Waals surface area (Å²) in [6.07, 6.45) is 3.62. The Morgan fingerprint density at radius 3 is 2.74 bits per heavy atom. The maximum atomic E-state index is 4.49. The van der Waals surface area contributed by atoms with Crippen LogP contribution in [-0.4, -0.2) is 24.6 Å². The standard InChI is InChI=1S/C14H23N3S.HI/c1-4-15-14(17-12-6-7-12)16-10(2)9-13-8-5-11(3)18-13;/h5,8,10,12H,4,6-7,9H2,1-3H3,(H2,15,16,17);1H. The van der Waals surface area contributed by atoms with E-state index in [-0.39, 0.29) is 24.0 Å². The smallest absolute Gasteiger partial charge is 0.191 e. The van der Waals surface area contributed by atoms with Crippen molar-refractivity contribution >= 4 is 41.3 Å². The first kappa shape index (κ1) is 16.8. The molecule has 1 aliphatic carbocycles. The van der Waals surface area contributed by atoms with Crippen molar-refractivity contribution in [2.45, 2.75) is 52.1 Å². The molecule has 1 fully saturated rings. The summed E-state index contributed by atoms with van der Waals surface area (Å²) in [6, 6.07) is 5.48. The molecule has 0 radical (unpaired) electrons. The van der Waals surface area contributed by atoms with E-state index < -0.39 is 0 Å². The quantitative estimate of drug-likeness (QED) is 0.458. The summed E-state index contributed by atoms with van der Waals surface area (Å²) in [6.45, 7) is 7.27. The molecule has 2 rings (SSSR count). The second kappa shape index (κ2) is 8.09. The molecule has 3 nitrogen and oxygen atoms in total. The molecule has 108 valence electrons. The lowest BCUT2D eigenvalue weighted by Crippen LogP contribution is -2.44. The number of nitrogens with one attached hydrogen (secondary N) is 2. The van der Waals surface area contributed by atoms with Crippen molar-refractivity contribution in [1.29, 1.82) is 0 Å². The molecule has 0 saturated heterocycles. The first-order valence-corrected chi connectivity index (χ1v) is 7.62. The van der Waals surface area contributed by atoms with Gasteiger partial charge in [-0.05, 0) is 45.7 Å². The Balaban J connectivity index is 0.00000180. The van der Waals surface area contributed by atoms with Gasteiger partial charge in [-0.3, -0.25) is 4.99 Å². The Labute approximate surface area is 137 Å². The zero-order chi connectivity index (χ0) is 13.0. The van der Waals surface area contributed by atoms with Crippen LogP contribution in [-0.2, 0) is 6.42 Å². The van der Waals surface area contributed by atoms with Gasteiger partial charge >= 0.3 is 0 Å². The highest BCUT2D eigenvalue weighted by Crippen LogP contribution is 2.19. The van der Waals surface area contributed by atoms with Crippen molar-refractivity contribution in [3.8, 4) is 0 Å². The summed E-state index contributed by atoms with van der Waals surface area (Å²) >= 11 is 1.88. The second-order valence-corrected chi connectivity index (χ2v) is 6.38.